The summed E-state index contributed by atoms with van der Waals surface area (Å²) in [6, 6.07) is 4.22. The molecule has 0 unspecified atom stereocenters. The van der Waals surface area contributed by atoms with Crippen LogP contribution in [0, 0.1) is 5.41 Å². The monoisotopic (exact) mass is 380 g/mol. The molecule has 2 N–H and O–H groups in total. The van der Waals surface area contributed by atoms with Gasteiger partial charge in [-0.2, -0.15) is 13.2 Å². The molecule has 2 aliphatic rings. The van der Waals surface area contributed by atoms with E-state index in [1.807, 2.05) is 0 Å². The Kier molecular flexibility index (Phi) is 5.58. The minimum Gasteiger partial charge on any atom is -0.355 e. The van der Waals surface area contributed by atoms with Gasteiger partial charge in [-0.15, -0.1) is 0 Å². The van der Waals surface area contributed by atoms with Crippen LogP contribution in [0.2, 0.25) is 0 Å². The highest BCUT2D eigenvalue weighted by Gasteiger charge is 2.56. The van der Waals surface area contributed by atoms with Crippen molar-refractivity contribution in [3.05, 3.63) is 41.5 Å². The van der Waals surface area contributed by atoms with Crippen molar-refractivity contribution in [2.75, 3.05) is 11.9 Å². The summed E-state index contributed by atoms with van der Waals surface area (Å²) in [7, 11) is 0. The zero-order chi connectivity index (χ0) is 19.5. The third-order valence-electron chi connectivity index (χ3n) is 5.21. The number of allylic oxidation sites excluding steroid dienone is 1. The fourth-order valence-electron chi connectivity index (χ4n) is 3.31. The Morgan fingerprint density at radius 3 is 2.30 bits per heavy atom. The second-order valence-corrected chi connectivity index (χ2v) is 7.23. The highest BCUT2D eigenvalue weighted by Crippen LogP contribution is 2.47. The number of hydrogen-bond acceptors (Lipinski definition) is 2. The molecule has 0 spiro atoms. The van der Waals surface area contributed by atoms with E-state index in [4.69, 9.17) is 0 Å². The molecule has 0 heterocycles. The van der Waals surface area contributed by atoms with E-state index < -0.39 is 23.1 Å². The van der Waals surface area contributed by atoms with E-state index in [0.29, 0.717) is 19.4 Å². The normalized spacial score (nSPS) is 18.4. The van der Waals surface area contributed by atoms with E-state index in [9.17, 15) is 22.8 Å². The number of anilines is 1. The van der Waals surface area contributed by atoms with Crippen LogP contribution in [-0.2, 0) is 15.8 Å². The fourth-order valence-corrected chi connectivity index (χ4v) is 3.31. The van der Waals surface area contributed by atoms with Gasteiger partial charge in [-0.05, 0) is 69.2 Å². The molecule has 0 saturated heterocycles. The minimum atomic E-state index is -4.42. The average molecular weight is 380 g/mol. The molecular formula is C20H23F3N2O2. The molecule has 0 atom stereocenters. The summed E-state index contributed by atoms with van der Waals surface area (Å²) in [6.45, 7) is 0.500. The lowest BCUT2D eigenvalue weighted by molar-refractivity contribution is -0.137. The molecule has 2 aliphatic carbocycles. The van der Waals surface area contributed by atoms with Gasteiger partial charge < -0.3 is 10.6 Å². The van der Waals surface area contributed by atoms with Crippen LogP contribution in [0.4, 0.5) is 18.9 Å². The smallest absolute Gasteiger partial charge is 0.355 e. The Morgan fingerprint density at radius 2 is 1.74 bits per heavy atom. The molecule has 0 aromatic heterocycles. The Balaban J connectivity index is 1.52. The standard InChI is InChI=1S/C20H23F3N2O2/c21-20(22,23)15-6-8-16(9-7-15)25-18(27)19(11-12-19)17(26)24-13-10-14-4-2-1-3-5-14/h4,6-9H,1-3,5,10-13H2,(H,24,26)(H,25,27). The van der Waals surface area contributed by atoms with Crippen molar-refractivity contribution in [1.29, 1.82) is 0 Å². The maximum absolute atomic E-state index is 12.6. The van der Waals surface area contributed by atoms with Gasteiger partial charge in [0.25, 0.3) is 0 Å². The van der Waals surface area contributed by atoms with Crippen molar-refractivity contribution in [1.82, 2.24) is 5.32 Å². The van der Waals surface area contributed by atoms with Crippen molar-refractivity contribution in [3.8, 4) is 0 Å². The number of hydrogen-bond donors (Lipinski definition) is 2. The van der Waals surface area contributed by atoms with Gasteiger partial charge in [0.2, 0.25) is 11.8 Å². The summed E-state index contributed by atoms with van der Waals surface area (Å²) in [5.74, 6) is -0.764. The van der Waals surface area contributed by atoms with Crippen LogP contribution in [-0.4, -0.2) is 18.4 Å². The highest BCUT2D eigenvalue weighted by atomic mass is 19.4. The first-order valence-electron chi connectivity index (χ1n) is 9.26. The van der Waals surface area contributed by atoms with Crippen molar-refractivity contribution in [2.45, 2.75) is 51.1 Å². The molecule has 4 nitrogen and oxygen atoms in total. The lowest BCUT2D eigenvalue weighted by Gasteiger charge is -2.17. The summed E-state index contributed by atoms with van der Waals surface area (Å²) in [6.07, 6.45) is 4.04. The van der Waals surface area contributed by atoms with E-state index in [2.05, 4.69) is 16.7 Å². The molecule has 0 aliphatic heterocycles. The third kappa shape index (κ3) is 4.70. The molecule has 1 aromatic rings. The quantitative estimate of drug-likeness (QED) is 0.567. The second kappa shape index (κ2) is 7.74. The number of amides is 2. The van der Waals surface area contributed by atoms with Crippen molar-refractivity contribution >= 4 is 17.5 Å². The van der Waals surface area contributed by atoms with E-state index >= 15 is 0 Å². The molecule has 1 saturated carbocycles. The highest BCUT2D eigenvalue weighted by molar-refractivity contribution is 6.13. The van der Waals surface area contributed by atoms with E-state index in [-0.39, 0.29) is 11.6 Å². The van der Waals surface area contributed by atoms with Crippen molar-refractivity contribution in [2.24, 2.45) is 5.41 Å². The average Bonchev–Trinajstić information content (AvgIpc) is 3.44. The molecule has 1 aromatic carbocycles. The van der Waals surface area contributed by atoms with Gasteiger partial charge in [0, 0.05) is 12.2 Å². The van der Waals surface area contributed by atoms with Crippen LogP contribution >= 0.6 is 0 Å². The maximum atomic E-state index is 12.6. The van der Waals surface area contributed by atoms with Crippen molar-refractivity contribution < 1.29 is 22.8 Å². The number of rotatable bonds is 6. The molecule has 7 heteroatoms. The lowest BCUT2D eigenvalue weighted by atomic mass is 9.97. The maximum Gasteiger partial charge on any atom is 0.416 e. The number of benzene rings is 1. The summed E-state index contributed by atoms with van der Waals surface area (Å²) in [5.41, 5.74) is -0.277. The predicted molar refractivity (Wildman–Crippen MR) is 95.9 cm³/mol. The number of carbonyl (C=O) groups excluding carboxylic acids is 2. The van der Waals surface area contributed by atoms with Crippen LogP contribution in [0.15, 0.2) is 35.9 Å². The topological polar surface area (TPSA) is 58.2 Å². The van der Waals surface area contributed by atoms with Crippen LogP contribution < -0.4 is 10.6 Å². The Morgan fingerprint density at radius 1 is 1.04 bits per heavy atom. The van der Waals surface area contributed by atoms with Gasteiger partial charge in [-0.1, -0.05) is 11.6 Å². The van der Waals surface area contributed by atoms with Gasteiger partial charge in [0.05, 0.1) is 5.56 Å². The van der Waals surface area contributed by atoms with Crippen LogP contribution in [0.3, 0.4) is 0 Å². The second-order valence-electron chi connectivity index (χ2n) is 7.23. The zero-order valence-electron chi connectivity index (χ0n) is 15.0. The largest absolute Gasteiger partial charge is 0.416 e. The van der Waals surface area contributed by atoms with Gasteiger partial charge >= 0.3 is 6.18 Å². The SMILES string of the molecule is O=C(NCCC1=CCCCC1)C1(C(=O)Nc2ccc(C(F)(F)F)cc2)CC1. The summed E-state index contributed by atoms with van der Waals surface area (Å²) < 4.78 is 37.8. The summed E-state index contributed by atoms with van der Waals surface area (Å²) >= 11 is 0. The number of nitrogens with one attached hydrogen (secondary N) is 2. The zero-order valence-corrected chi connectivity index (χ0v) is 15.0. The first kappa shape index (κ1) is 19.5. The Hall–Kier alpha value is -2.31. The predicted octanol–water partition coefficient (Wildman–Crippen LogP) is 4.43. The Labute approximate surface area is 156 Å². The minimum absolute atomic E-state index is 0.249. The fraction of sp³-hybridized carbons (Fsp3) is 0.500. The molecule has 0 radical (unpaired) electrons. The van der Waals surface area contributed by atoms with Gasteiger partial charge in [0.15, 0.2) is 0 Å². The summed E-state index contributed by atoms with van der Waals surface area (Å²) in [4.78, 5) is 24.9. The van der Waals surface area contributed by atoms with Crippen LogP contribution in [0.1, 0.15) is 50.5 Å². The van der Waals surface area contributed by atoms with E-state index in [1.165, 1.54) is 30.5 Å². The first-order chi connectivity index (χ1) is 12.8. The van der Waals surface area contributed by atoms with Crippen LogP contribution in [0.25, 0.3) is 0 Å². The van der Waals surface area contributed by atoms with E-state index in [1.54, 1.807) is 0 Å². The lowest BCUT2D eigenvalue weighted by Crippen LogP contribution is -2.40. The van der Waals surface area contributed by atoms with Crippen LogP contribution in [0.5, 0.6) is 0 Å². The Bertz CT molecular complexity index is 735. The molecule has 2 amide bonds. The third-order valence-corrected chi connectivity index (χ3v) is 5.21. The number of halogens is 3. The molecule has 3 rings (SSSR count). The molecule has 0 bridgehead atoms. The van der Waals surface area contributed by atoms with E-state index in [0.717, 1.165) is 31.4 Å². The molecule has 1 fully saturated rings. The van der Waals surface area contributed by atoms with Gasteiger partial charge in [-0.3, -0.25) is 9.59 Å². The summed E-state index contributed by atoms with van der Waals surface area (Å²) in [5, 5.41) is 5.40. The number of alkyl halides is 3. The van der Waals surface area contributed by atoms with Gasteiger partial charge in [-0.25, -0.2) is 0 Å². The molecule has 146 valence electrons. The molecular weight excluding hydrogens is 357 g/mol. The number of carbonyl (C=O) groups is 2. The van der Waals surface area contributed by atoms with Crippen molar-refractivity contribution in [3.63, 3.8) is 0 Å². The molecule has 27 heavy (non-hydrogen) atoms. The van der Waals surface area contributed by atoms with Gasteiger partial charge in [0.1, 0.15) is 5.41 Å². The first-order valence-corrected chi connectivity index (χ1v) is 9.26.